The Balaban J connectivity index is 1.42. The van der Waals surface area contributed by atoms with E-state index in [1.165, 1.54) is 65.7 Å². The van der Waals surface area contributed by atoms with Crippen molar-refractivity contribution in [2.24, 2.45) is 0 Å². The van der Waals surface area contributed by atoms with E-state index in [9.17, 15) is 0 Å². The number of hydrogen-bond acceptors (Lipinski definition) is 1. The molecule has 0 fully saturated rings. The van der Waals surface area contributed by atoms with Gasteiger partial charge in [0, 0.05) is 10.8 Å². The smallest absolute Gasteiger partial charge is 0.135 e. The van der Waals surface area contributed by atoms with Gasteiger partial charge in [-0.25, -0.2) is 0 Å². The summed E-state index contributed by atoms with van der Waals surface area (Å²) in [4.78, 5) is 0. The Kier molecular flexibility index (Phi) is 5.27. The average Bonchev–Trinajstić information content (AvgIpc) is 3.45. The molecule has 0 saturated heterocycles. The van der Waals surface area contributed by atoms with Crippen LogP contribution in [0.25, 0.3) is 87.6 Å². The SMILES string of the molecule is c1ccc(-c2c(-c3c4ccccc4c(-c4ccc5oc6ccccc6c5c4)c4ccccc34)ccc3ccccc23)cc1. The second-order valence-electron chi connectivity index (χ2n) is 11.2. The number of furan rings is 1. The molecule has 0 aliphatic heterocycles. The third-order valence-corrected chi connectivity index (χ3v) is 8.86. The maximum Gasteiger partial charge on any atom is 0.135 e. The van der Waals surface area contributed by atoms with Crippen molar-refractivity contribution < 1.29 is 4.42 Å². The monoisotopic (exact) mass is 546 g/mol. The van der Waals surface area contributed by atoms with Gasteiger partial charge < -0.3 is 4.42 Å². The van der Waals surface area contributed by atoms with Crippen LogP contribution in [0.5, 0.6) is 0 Å². The zero-order valence-electron chi connectivity index (χ0n) is 23.4. The number of fused-ring (bicyclic) bond motifs is 6. The molecule has 0 bridgehead atoms. The standard InChI is InChI=1S/C42H26O/c1-2-13-28(14-3-1)40-30-15-5-4-12-27(30)22-24-36(40)42-34-19-8-6-17-32(34)41(33-18-7-9-20-35(33)42)29-23-25-39-37(26-29)31-16-10-11-21-38(31)43-39/h1-26H. The van der Waals surface area contributed by atoms with E-state index >= 15 is 0 Å². The minimum Gasteiger partial charge on any atom is -0.456 e. The van der Waals surface area contributed by atoms with E-state index in [4.69, 9.17) is 4.42 Å². The van der Waals surface area contributed by atoms with Crippen LogP contribution in [0, 0.1) is 0 Å². The lowest BCUT2D eigenvalue weighted by Gasteiger charge is -2.21. The first-order chi connectivity index (χ1) is 21.3. The van der Waals surface area contributed by atoms with Crippen LogP contribution in [-0.4, -0.2) is 0 Å². The van der Waals surface area contributed by atoms with Crippen LogP contribution in [-0.2, 0) is 0 Å². The fourth-order valence-corrected chi connectivity index (χ4v) is 7.01. The van der Waals surface area contributed by atoms with Crippen LogP contribution in [0.1, 0.15) is 0 Å². The summed E-state index contributed by atoms with van der Waals surface area (Å²) in [7, 11) is 0. The van der Waals surface area contributed by atoms with Crippen molar-refractivity contribution in [3.05, 3.63) is 158 Å². The second kappa shape index (κ2) is 9.44. The minimum absolute atomic E-state index is 0.916. The molecule has 43 heavy (non-hydrogen) atoms. The van der Waals surface area contributed by atoms with Crippen molar-refractivity contribution >= 4 is 54.3 Å². The lowest BCUT2D eigenvalue weighted by Crippen LogP contribution is -1.93. The first kappa shape index (κ1) is 24.0. The first-order valence-electron chi connectivity index (χ1n) is 14.8. The first-order valence-corrected chi connectivity index (χ1v) is 14.8. The molecule has 1 heteroatoms. The number of benzene rings is 8. The molecule has 0 radical (unpaired) electrons. The van der Waals surface area contributed by atoms with Gasteiger partial charge >= 0.3 is 0 Å². The zero-order chi connectivity index (χ0) is 28.3. The molecular weight excluding hydrogens is 520 g/mol. The van der Waals surface area contributed by atoms with Gasteiger partial charge in [-0.15, -0.1) is 0 Å². The van der Waals surface area contributed by atoms with Gasteiger partial charge in [0.1, 0.15) is 11.2 Å². The van der Waals surface area contributed by atoms with E-state index in [1.54, 1.807) is 0 Å². The fourth-order valence-electron chi connectivity index (χ4n) is 7.01. The van der Waals surface area contributed by atoms with Gasteiger partial charge in [-0.2, -0.15) is 0 Å². The summed E-state index contributed by atoms with van der Waals surface area (Å²) in [6.45, 7) is 0. The van der Waals surface area contributed by atoms with E-state index in [0.717, 1.165) is 21.9 Å². The highest BCUT2D eigenvalue weighted by Gasteiger charge is 2.20. The molecule has 0 amide bonds. The van der Waals surface area contributed by atoms with Crippen LogP contribution in [0.4, 0.5) is 0 Å². The number of hydrogen-bond donors (Lipinski definition) is 0. The zero-order valence-corrected chi connectivity index (χ0v) is 23.4. The van der Waals surface area contributed by atoms with Crippen LogP contribution in [0.3, 0.4) is 0 Å². The predicted molar refractivity (Wildman–Crippen MR) is 183 cm³/mol. The van der Waals surface area contributed by atoms with Crippen molar-refractivity contribution in [3.63, 3.8) is 0 Å². The number of para-hydroxylation sites is 1. The average molecular weight is 547 g/mol. The lowest BCUT2D eigenvalue weighted by molar-refractivity contribution is 0.669. The van der Waals surface area contributed by atoms with Crippen LogP contribution in [0.2, 0.25) is 0 Å². The van der Waals surface area contributed by atoms with Crippen molar-refractivity contribution in [1.29, 1.82) is 0 Å². The molecule has 0 aliphatic rings. The minimum atomic E-state index is 0.916. The third-order valence-electron chi connectivity index (χ3n) is 8.86. The predicted octanol–water partition coefficient (Wildman–Crippen LogP) is 12.0. The molecule has 1 heterocycles. The summed E-state index contributed by atoms with van der Waals surface area (Å²) >= 11 is 0. The number of rotatable bonds is 3. The second-order valence-corrected chi connectivity index (χ2v) is 11.2. The van der Waals surface area contributed by atoms with Crippen molar-refractivity contribution in [1.82, 2.24) is 0 Å². The molecule has 0 atom stereocenters. The van der Waals surface area contributed by atoms with Gasteiger partial charge in [0.2, 0.25) is 0 Å². The van der Waals surface area contributed by atoms with E-state index in [1.807, 2.05) is 12.1 Å². The summed E-state index contributed by atoms with van der Waals surface area (Å²) in [5.74, 6) is 0. The highest BCUT2D eigenvalue weighted by Crippen LogP contribution is 2.48. The molecule has 8 aromatic carbocycles. The Morgan fingerprint density at radius 2 is 0.860 bits per heavy atom. The van der Waals surface area contributed by atoms with Gasteiger partial charge in [-0.05, 0) is 83.9 Å². The Morgan fingerprint density at radius 3 is 1.58 bits per heavy atom. The molecule has 9 rings (SSSR count). The quantitative estimate of drug-likeness (QED) is 0.201. The van der Waals surface area contributed by atoms with E-state index < -0.39 is 0 Å². The topological polar surface area (TPSA) is 13.1 Å². The summed E-state index contributed by atoms with van der Waals surface area (Å²) in [6.07, 6.45) is 0. The molecule has 0 unspecified atom stereocenters. The van der Waals surface area contributed by atoms with Crippen molar-refractivity contribution in [2.75, 3.05) is 0 Å². The summed E-state index contributed by atoms with van der Waals surface area (Å²) < 4.78 is 6.19. The molecule has 1 nitrogen and oxygen atoms in total. The van der Waals surface area contributed by atoms with Gasteiger partial charge in [0.25, 0.3) is 0 Å². The van der Waals surface area contributed by atoms with E-state index in [0.29, 0.717) is 0 Å². The molecule has 0 spiro atoms. The summed E-state index contributed by atoms with van der Waals surface area (Å²) in [6, 6.07) is 56.9. The van der Waals surface area contributed by atoms with Gasteiger partial charge in [0.05, 0.1) is 0 Å². The highest BCUT2D eigenvalue weighted by molar-refractivity contribution is 6.24. The van der Waals surface area contributed by atoms with Gasteiger partial charge in [-0.1, -0.05) is 140 Å². The maximum absolute atomic E-state index is 6.19. The Labute approximate surface area is 249 Å². The largest absolute Gasteiger partial charge is 0.456 e. The summed E-state index contributed by atoms with van der Waals surface area (Å²) in [5, 5.41) is 9.80. The Bertz CT molecular complexity index is 2440. The molecule has 0 N–H and O–H groups in total. The summed E-state index contributed by atoms with van der Waals surface area (Å²) in [5.41, 5.74) is 9.30. The van der Waals surface area contributed by atoms with E-state index in [-0.39, 0.29) is 0 Å². The Hall–Kier alpha value is -5.66. The molecule has 0 saturated carbocycles. The van der Waals surface area contributed by atoms with Crippen LogP contribution < -0.4 is 0 Å². The molecule has 1 aromatic heterocycles. The van der Waals surface area contributed by atoms with Crippen molar-refractivity contribution in [2.45, 2.75) is 0 Å². The molecular formula is C42H26O. The lowest BCUT2D eigenvalue weighted by atomic mass is 9.82. The highest BCUT2D eigenvalue weighted by atomic mass is 16.3. The fraction of sp³-hybridized carbons (Fsp3) is 0. The van der Waals surface area contributed by atoms with Crippen molar-refractivity contribution in [3.8, 4) is 33.4 Å². The van der Waals surface area contributed by atoms with Gasteiger partial charge in [-0.3, -0.25) is 0 Å². The Morgan fingerprint density at radius 1 is 0.302 bits per heavy atom. The van der Waals surface area contributed by atoms with Crippen LogP contribution >= 0.6 is 0 Å². The van der Waals surface area contributed by atoms with Gasteiger partial charge in [0.15, 0.2) is 0 Å². The molecule has 9 aromatic rings. The van der Waals surface area contributed by atoms with E-state index in [2.05, 4.69) is 146 Å². The molecule has 0 aliphatic carbocycles. The van der Waals surface area contributed by atoms with Crippen LogP contribution in [0.15, 0.2) is 162 Å². The maximum atomic E-state index is 6.19. The normalized spacial score (nSPS) is 11.7. The molecule has 200 valence electrons. The third kappa shape index (κ3) is 3.65.